The molecule has 0 aliphatic carbocycles. The van der Waals surface area contributed by atoms with Gasteiger partial charge >= 0.3 is 6.09 Å². The number of likely N-dealkylation sites (tertiary alicyclic amines) is 1. The van der Waals surface area contributed by atoms with Gasteiger partial charge in [-0.15, -0.1) is 0 Å². The minimum atomic E-state index is -0.735. The Kier molecular flexibility index (Phi) is 4.07. The predicted molar refractivity (Wildman–Crippen MR) is 66.8 cm³/mol. The molecule has 1 atom stereocenters. The summed E-state index contributed by atoms with van der Waals surface area (Å²) >= 11 is 0. The van der Waals surface area contributed by atoms with Crippen LogP contribution in [0, 0.1) is 5.92 Å². The van der Waals surface area contributed by atoms with Crippen molar-refractivity contribution in [3.8, 4) is 0 Å². The standard InChI is InChI=1S/C13H25NO3/c1-12(2,3)17-11(15)14-8-6-7-10(9-14)13(4,5)16/h10,16H,6-9H2,1-5H3/t10-/m1/s1. The Morgan fingerprint density at radius 2 is 1.88 bits per heavy atom. The largest absolute Gasteiger partial charge is 0.444 e. The van der Waals surface area contributed by atoms with E-state index in [1.807, 2.05) is 20.8 Å². The molecule has 0 radical (unpaired) electrons. The Morgan fingerprint density at radius 1 is 1.29 bits per heavy atom. The summed E-state index contributed by atoms with van der Waals surface area (Å²) in [7, 11) is 0. The van der Waals surface area contributed by atoms with E-state index in [0.717, 1.165) is 19.4 Å². The van der Waals surface area contributed by atoms with Crippen molar-refractivity contribution in [3.05, 3.63) is 0 Å². The SMILES string of the molecule is CC(C)(C)OC(=O)N1CCC[C@@H](C(C)(C)O)C1. The summed E-state index contributed by atoms with van der Waals surface area (Å²) in [5.74, 6) is 0.128. The lowest BCUT2D eigenvalue weighted by atomic mass is 9.84. The van der Waals surface area contributed by atoms with Crippen LogP contribution in [0.3, 0.4) is 0 Å². The van der Waals surface area contributed by atoms with Gasteiger partial charge in [-0.1, -0.05) is 0 Å². The Morgan fingerprint density at radius 3 is 2.35 bits per heavy atom. The Balaban J connectivity index is 2.58. The highest BCUT2D eigenvalue weighted by Crippen LogP contribution is 2.27. The number of carbonyl (C=O) groups is 1. The Labute approximate surface area is 104 Å². The van der Waals surface area contributed by atoms with Crippen molar-refractivity contribution in [2.45, 2.75) is 58.7 Å². The highest BCUT2D eigenvalue weighted by molar-refractivity contribution is 5.68. The van der Waals surface area contributed by atoms with Crippen molar-refractivity contribution in [2.24, 2.45) is 5.92 Å². The molecule has 0 saturated carbocycles. The van der Waals surface area contributed by atoms with Crippen molar-refractivity contribution in [1.82, 2.24) is 4.90 Å². The summed E-state index contributed by atoms with van der Waals surface area (Å²) in [6.45, 7) is 10.5. The van der Waals surface area contributed by atoms with Crippen LogP contribution in [0.15, 0.2) is 0 Å². The smallest absolute Gasteiger partial charge is 0.410 e. The molecule has 1 N–H and O–H groups in total. The van der Waals surface area contributed by atoms with E-state index in [-0.39, 0.29) is 12.0 Å². The van der Waals surface area contributed by atoms with Gasteiger partial charge in [-0.2, -0.15) is 0 Å². The van der Waals surface area contributed by atoms with Gasteiger partial charge in [0, 0.05) is 19.0 Å². The molecule has 4 nitrogen and oxygen atoms in total. The fourth-order valence-corrected chi connectivity index (χ4v) is 2.05. The first-order valence-corrected chi connectivity index (χ1v) is 6.30. The molecule has 0 aromatic rings. The van der Waals surface area contributed by atoms with E-state index in [1.165, 1.54) is 0 Å². The minimum Gasteiger partial charge on any atom is -0.444 e. The van der Waals surface area contributed by atoms with Gasteiger partial charge in [0.15, 0.2) is 0 Å². The van der Waals surface area contributed by atoms with Crippen LogP contribution >= 0.6 is 0 Å². The normalized spacial score (nSPS) is 22.5. The average molecular weight is 243 g/mol. The van der Waals surface area contributed by atoms with Gasteiger partial charge < -0.3 is 14.7 Å². The van der Waals surface area contributed by atoms with E-state index < -0.39 is 11.2 Å². The van der Waals surface area contributed by atoms with Crippen molar-refractivity contribution in [3.63, 3.8) is 0 Å². The fourth-order valence-electron chi connectivity index (χ4n) is 2.05. The number of ether oxygens (including phenoxy) is 1. The zero-order valence-electron chi connectivity index (χ0n) is 11.6. The van der Waals surface area contributed by atoms with Crippen LogP contribution in [0.1, 0.15) is 47.5 Å². The van der Waals surface area contributed by atoms with Gasteiger partial charge in [-0.05, 0) is 47.5 Å². The number of carbonyl (C=O) groups excluding carboxylic acids is 1. The summed E-state index contributed by atoms with van der Waals surface area (Å²) in [6.07, 6.45) is 1.61. The molecule has 1 rings (SSSR count). The molecule has 0 aromatic carbocycles. The maximum absolute atomic E-state index is 11.9. The fraction of sp³-hybridized carbons (Fsp3) is 0.923. The molecule has 1 heterocycles. The predicted octanol–water partition coefficient (Wildman–Crippen LogP) is 2.40. The summed E-state index contributed by atoms with van der Waals surface area (Å²) in [4.78, 5) is 13.6. The third kappa shape index (κ3) is 4.54. The molecular formula is C13H25NO3. The molecule has 0 bridgehead atoms. The molecule has 1 saturated heterocycles. The second-order valence-electron chi connectivity index (χ2n) is 6.42. The minimum absolute atomic E-state index is 0.128. The zero-order chi connectivity index (χ0) is 13.3. The summed E-state index contributed by atoms with van der Waals surface area (Å²) in [5, 5.41) is 10.00. The van der Waals surface area contributed by atoms with Crippen LogP contribution in [0.25, 0.3) is 0 Å². The molecule has 0 spiro atoms. The lowest BCUT2D eigenvalue weighted by Crippen LogP contribution is -2.48. The van der Waals surface area contributed by atoms with Gasteiger partial charge in [0.2, 0.25) is 0 Å². The molecule has 0 unspecified atom stereocenters. The van der Waals surface area contributed by atoms with Crippen molar-refractivity contribution < 1.29 is 14.6 Å². The quantitative estimate of drug-likeness (QED) is 0.769. The molecule has 1 aliphatic heterocycles. The molecule has 0 aromatic heterocycles. The molecule has 1 fully saturated rings. The van der Waals surface area contributed by atoms with Crippen molar-refractivity contribution >= 4 is 6.09 Å². The third-order valence-corrected chi connectivity index (χ3v) is 3.07. The average Bonchev–Trinajstić information content (AvgIpc) is 2.14. The highest BCUT2D eigenvalue weighted by atomic mass is 16.6. The first-order chi connectivity index (χ1) is 7.59. The van der Waals surface area contributed by atoms with E-state index in [1.54, 1.807) is 18.7 Å². The van der Waals surface area contributed by atoms with Crippen molar-refractivity contribution in [1.29, 1.82) is 0 Å². The number of piperidine rings is 1. The second-order valence-corrected chi connectivity index (χ2v) is 6.42. The van der Waals surface area contributed by atoms with Crippen LogP contribution in [0.5, 0.6) is 0 Å². The number of rotatable bonds is 1. The lowest BCUT2D eigenvalue weighted by molar-refractivity contribution is -0.0286. The molecule has 1 aliphatic rings. The summed E-state index contributed by atoms with van der Waals surface area (Å²) in [6, 6.07) is 0. The van der Waals surface area contributed by atoms with Crippen LogP contribution in [0.4, 0.5) is 4.79 Å². The van der Waals surface area contributed by atoms with E-state index >= 15 is 0 Å². The molecular weight excluding hydrogens is 218 g/mol. The molecule has 17 heavy (non-hydrogen) atoms. The van der Waals surface area contributed by atoms with E-state index in [2.05, 4.69) is 0 Å². The van der Waals surface area contributed by atoms with Crippen LogP contribution in [0.2, 0.25) is 0 Å². The van der Waals surface area contributed by atoms with Crippen molar-refractivity contribution in [2.75, 3.05) is 13.1 Å². The third-order valence-electron chi connectivity index (χ3n) is 3.07. The van der Waals surface area contributed by atoms with Gasteiger partial charge in [0.25, 0.3) is 0 Å². The molecule has 4 heteroatoms. The monoisotopic (exact) mass is 243 g/mol. The first-order valence-electron chi connectivity index (χ1n) is 6.30. The number of hydrogen-bond donors (Lipinski definition) is 1. The second kappa shape index (κ2) is 4.84. The number of hydrogen-bond acceptors (Lipinski definition) is 3. The van der Waals surface area contributed by atoms with Gasteiger partial charge in [-0.25, -0.2) is 4.79 Å². The molecule has 1 amide bonds. The van der Waals surface area contributed by atoms with E-state index in [4.69, 9.17) is 4.74 Å². The maximum Gasteiger partial charge on any atom is 0.410 e. The van der Waals surface area contributed by atoms with E-state index in [0.29, 0.717) is 6.54 Å². The zero-order valence-corrected chi connectivity index (χ0v) is 11.6. The number of amides is 1. The highest BCUT2D eigenvalue weighted by Gasteiger charge is 2.34. The van der Waals surface area contributed by atoms with Crippen LogP contribution in [-0.4, -0.2) is 40.4 Å². The molecule has 100 valence electrons. The first kappa shape index (κ1) is 14.3. The van der Waals surface area contributed by atoms with Gasteiger partial charge in [0.1, 0.15) is 5.60 Å². The summed E-state index contributed by atoms with van der Waals surface area (Å²) < 4.78 is 5.34. The van der Waals surface area contributed by atoms with Crippen LogP contribution < -0.4 is 0 Å². The Hall–Kier alpha value is -0.770. The lowest BCUT2D eigenvalue weighted by Gasteiger charge is -2.39. The van der Waals surface area contributed by atoms with Crippen LogP contribution in [-0.2, 0) is 4.74 Å². The van der Waals surface area contributed by atoms with Gasteiger partial charge in [0.05, 0.1) is 5.60 Å². The van der Waals surface area contributed by atoms with Gasteiger partial charge in [-0.3, -0.25) is 0 Å². The Bertz CT molecular complexity index is 275. The number of nitrogens with zero attached hydrogens (tertiary/aromatic N) is 1. The summed E-state index contributed by atoms with van der Waals surface area (Å²) in [5.41, 5.74) is -1.19. The topological polar surface area (TPSA) is 49.8 Å². The van der Waals surface area contributed by atoms with E-state index in [9.17, 15) is 9.90 Å². The maximum atomic E-state index is 11.9. The number of aliphatic hydroxyl groups is 1.